The average molecular weight is 198 g/mol. The van der Waals surface area contributed by atoms with E-state index in [1.807, 2.05) is 11.6 Å². The van der Waals surface area contributed by atoms with E-state index in [0.29, 0.717) is 0 Å². The molecular weight excluding hydrogens is 180 g/mol. The molecule has 0 fully saturated rings. The van der Waals surface area contributed by atoms with Crippen LogP contribution in [0.15, 0.2) is 11.6 Å². The van der Waals surface area contributed by atoms with Crippen LogP contribution in [0.4, 0.5) is 0 Å². The van der Waals surface area contributed by atoms with E-state index in [4.69, 9.17) is 0 Å². The molecule has 13 heavy (non-hydrogen) atoms. The first-order chi connectivity index (χ1) is 6.33. The van der Waals surface area contributed by atoms with Gasteiger partial charge < -0.3 is 5.32 Å². The van der Waals surface area contributed by atoms with Crippen molar-refractivity contribution in [1.82, 2.24) is 10.3 Å². The fraction of sp³-hybridized carbons (Fsp3) is 0.700. The standard InChI is InChI=1S/C10H18N2S/c1-3-11-8-9(2)4-5-10-12-6-7-13-10/h6-7,9,11H,3-5,8H2,1-2H3. The first-order valence-electron chi connectivity index (χ1n) is 4.92. The molecule has 2 nitrogen and oxygen atoms in total. The van der Waals surface area contributed by atoms with Gasteiger partial charge in [-0.05, 0) is 31.8 Å². The van der Waals surface area contributed by atoms with E-state index in [1.54, 1.807) is 11.3 Å². The van der Waals surface area contributed by atoms with Crippen molar-refractivity contribution in [3.63, 3.8) is 0 Å². The van der Waals surface area contributed by atoms with Gasteiger partial charge in [0.2, 0.25) is 0 Å². The Bertz CT molecular complexity index is 209. The highest BCUT2D eigenvalue weighted by Crippen LogP contribution is 2.10. The third-order valence-corrected chi connectivity index (χ3v) is 2.92. The van der Waals surface area contributed by atoms with Crippen molar-refractivity contribution in [3.05, 3.63) is 16.6 Å². The molecule has 0 bridgehead atoms. The fourth-order valence-electron chi connectivity index (χ4n) is 1.24. The van der Waals surface area contributed by atoms with Gasteiger partial charge in [0.25, 0.3) is 0 Å². The second-order valence-electron chi connectivity index (χ2n) is 3.38. The molecule has 0 saturated carbocycles. The Morgan fingerprint density at radius 2 is 2.46 bits per heavy atom. The Balaban J connectivity index is 2.11. The molecule has 3 heteroatoms. The van der Waals surface area contributed by atoms with E-state index < -0.39 is 0 Å². The first kappa shape index (κ1) is 10.7. The van der Waals surface area contributed by atoms with Crippen LogP contribution in [0.5, 0.6) is 0 Å². The van der Waals surface area contributed by atoms with E-state index >= 15 is 0 Å². The predicted octanol–water partition coefficient (Wildman–Crippen LogP) is 2.32. The minimum Gasteiger partial charge on any atom is -0.317 e. The molecule has 0 aliphatic carbocycles. The van der Waals surface area contributed by atoms with Crippen LogP contribution in [-0.2, 0) is 6.42 Å². The topological polar surface area (TPSA) is 24.9 Å². The van der Waals surface area contributed by atoms with Crippen molar-refractivity contribution in [1.29, 1.82) is 0 Å². The van der Waals surface area contributed by atoms with Gasteiger partial charge in [-0.15, -0.1) is 11.3 Å². The minimum atomic E-state index is 0.754. The monoisotopic (exact) mass is 198 g/mol. The number of thiazole rings is 1. The average Bonchev–Trinajstić information content (AvgIpc) is 2.64. The maximum Gasteiger partial charge on any atom is 0.0924 e. The number of nitrogens with one attached hydrogen (secondary N) is 1. The molecule has 0 spiro atoms. The van der Waals surface area contributed by atoms with Crippen molar-refractivity contribution in [2.24, 2.45) is 5.92 Å². The number of nitrogens with zero attached hydrogens (tertiary/aromatic N) is 1. The summed E-state index contributed by atoms with van der Waals surface area (Å²) in [4.78, 5) is 4.27. The Morgan fingerprint density at radius 3 is 3.08 bits per heavy atom. The Labute approximate surface area is 84.4 Å². The summed E-state index contributed by atoms with van der Waals surface area (Å²) in [6, 6.07) is 0. The zero-order valence-electron chi connectivity index (χ0n) is 8.42. The van der Waals surface area contributed by atoms with Gasteiger partial charge in [-0.3, -0.25) is 0 Å². The second-order valence-corrected chi connectivity index (χ2v) is 4.36. The van der Waals surface area contributed by atoms with Crippen LogP contribution in [0, 0.1) is 5.92 Å². The summed E-state index contributed by atoms with van der Waals surface area (Å²) in [6.07, 6.45) is 4.25. The van der Waals surface area contributed by atoms with Crippen LogP contribution in [0.1, 0.15) is 25.3 Å². The zero-order chi connectivity index (χ0) is 9.52. The largest absolute Gasteiger partial charge is 0.317 e. The molecule has 1 unspecified atom stereocenters. The van der Waals surface area contributed by atoms with Crippen molar-refractivity contribution in [3.8, 4) is 0 Å². The summed E-state index contributed by atoms with van der Waals surface area (Å²) in [6.45, 7) is 6.63. The minimum absolute atomic E-state index is 0.754. The van der Waals surface area contributed by atoms with Crippen LogP contribution >= 0.6 is 11.3 Å². The SMILES string of the molecule is CCNCC(C)CCc1nccs1. The lowest BCUT2D eigenvalue weighted by molar-refractivity contribution is 0.489. The second kappa shape index (κ2) is 6.11. The van der Waals surface area contributed by atoms with Gasteiger partial charge in [0, 0.05) is 11.6 Å². The Hall–Kier alpha value is -0.410. The molecular formula is C10H18N2S. The molecule has 1 rings (SSSR count). The highest BCUT2D eigenvalue weighted by Gasteiger charge is 2.02. The maximum absolute atomic E-state index is 4.27. The summed E-state index contributed by atoms with van der Waals surface area (Å²) in [7, 11) is 0. The molecule has 0 aliphatic rings. The number of rotatable bonds is 6. The van der Waals surface area contributed by atoms with Gasteiger partial charge in [0.15, 0.2) is 0 Å². The molecule has 0 amide bonds. The third kappa shape index (κ3) is 4.39. The van der Waals surface area contributed by atoms with Crippen LogP contribution in [0.2, 0.25) is 0 Å². The quantitative estimate of drug-likeness (QED) is 0.759. The van der Waals surface area contributed by atoms with Crippen molar-refractivity contribution in [2.45, 2.75) is 26.7 Å². The van der Waals surface area contributed by atoms with Crippen molar-refractivity contribution in [2.75, 3.05) is 13.1 Å². The summed E-state index contributed by atoms with van der Waals surface area (Å²) in [5.74, 6) is 0.754. The van der Waals surface area contributed by atoms with Crippen LogP contribution < -0.4 is 5.32 Å². The molecule has 1 heterocycles. The molecule has 1 atom stereocenters. The lowest BCUT2D eigenvalue weighted by Gasteiger charge is -2.09. The molecule has 1 aromatic rings. The Kier molecular flexibility index (Phi) is 5.01. The molecule has 0 radical (unpaired) electrons. The van der Waals surface area contributed by atoms with Gasteiger partial charge in [-0.25, -0.2) is 4.98 Å². The van der Waals surface area contributed by atoms with E-state index in [0.717, 1.165) is 25.4 Å². The number of aryl methyl sites for hydroxylation is 1. The van der Waals surface area contributed by atoms with Crippen LogP contribution in [0.3, 0.4) is 0 Å². The molecule has 0 aliphatic heterocycles. The third-order valence-electron chi connectivity index (χ3n) is 2.08. The van der Waals surface area contributed by atoms with Gasteiger partial charge in [0.1, 0.15) is 0 Å². The number of hydrogen-bond donors (Lipinski definition) is 1. The van der Waals surface area contributed by atoms with Gasteiger partial charge >= 0.3 is 0 Å². The summed E-state index contributed by atoms with van der Waals surface area (Å²) < 4.78 is 0. The summed E-state index contributed by atoms with van der Waals surface area (Å²) >= 11 is 1.76. The van der Waals surface area contributed by atoms with Crippen molar-refractivity contribution >= 4 is 11.3 Å². The fourth-order valence-corrected chi connectivity index (χ4v) is 1.88. The van der Waals surface area contributed by atoms with Crippen LogP contribution in [0.25, 0.3) is 0 Å². The normalized spacial score (nSPS) is 13.1. The molecule has 1 aromatic heterocycles. The Morgan fingerprint density at radius 1 is 1.62 bits per heavy atom. The maximum atomic E-state index is 4.27. The summed E-state index contributed by atoms with van der Waals surface area (Å²) in [5.41, 5.74) is 0. The number of hydrogen-bond acceptors (Lipinski definition) is 3. The number of aromatic nitrogens is 1. The lowest BCUT2D eigenvalue weighted by atomic mass is 10.1. The highest BCUT2D eigenvalue weighted by atomic mass is 32.1. The van der Waals surface area contributed by atoms with Gasteiger partial charge in [-0.2, -0.15) is 0 Å². The van der Waals surface area contributed by atoms with E-state index in [1.165, 1.54) is 11.4 Å². The first-order valence-corrected chi connectivity index (χ1v) is 5.80. The van der Waals surface area contributed by atoms with Crippen molar-refractivity contribution < 1.29 is 0 Å². The molecule has 0 aromatic carbocycles. The molecule has 0 saturated heterocycles. The lowest BCUT2D eigenvalue weighted by Crippen LogP contribution is -2.20. The van der Waals surface area contributed by atoms with Crippen LogP contribution in [-0.4, -0.2) is 18.1 Å². The smallest absolute Gasteiger partial charge is 0.0924 e. The zero-order valence-corrected chi connectivity index (χ0v) is 9.23. The summed E-state index contributed by atoms with van der Waals surface area (Å²) in [5, 5.41) is 6.67. The van der Waals surface area contributed by atoms with E-state index in [9.17, 15) is 0 Å². The highest BCUT2D eigenvalue weighted by molar-refractivity contribution is 7.09. The molecule has 1 N–H and O–H groups in total. The van der Waals surface area contributed by atoms with Gasteiger partial charge in [-0.1, -0.05) is 13.8 Å². The van der Waals surface area contributed by atoms with E-state index in [2.05, 4.69) is 24.1 Å². The predicted molar refractivity (Wildman–Crippen MR) is 58.1 cm³/mol. The van der Waals surface area contributed by atoms with E-state index in [-0.39, 0.29) is 0 Å². The van der Waals surface area contributed by atoms with Gasteiger partial charge in [0.05, 0.1) is 5.01 Å². The molecule has 74 valence electrons.